The number of fused-ring (bicyclic) bond motifs is 1. The second-order valence-corrected chi connectivity index (χ2v) is 5.17. The summed E-state index contributed by atoms with van der Waals surface area (Å²) in [6.45, 7) is 2.54. The third-order valence-corrected chi connectivity index (χ3v) is 3.94. The van der Waals surface area contributed by atoms with Crippen LogP contribution in [0.1, 0.15) is 19.8 Å². The molecule has 3 rings (SSSR count). The van der Waals surface area contributed by atoms with Gasteiger partial charge in [-0.05, 0) is 30.9 Å². The van der Waals surface area contributed by atoms with E-state index in [9.17, 15) is 14.0 Å². The number of halogens is 1. The second-order valence-electron chi connectivity index (χ2n) is 5.17. The molecule has 0 saturated carbocycles. The fourth-order valence-electron chi connectivity index (χ4n) is 2.99. The first kappa shape index (κ1) is 12.1. The van der Waals surface area contributed by atoms with Crippen molar-refractivity contribution in [3.63, 3.8) is 0 Å². The number of carbonyl (C=O) groups excluding carboxylic acids is 2. The largest absolute Gasteiger partial charge is 0.332 e. The Hall–Kier alpha value is -1.91. The van der Waals surface area contributed by atoms with E-state index in [0.29, 0.717) is 6.54 Å². The highest BCUT2D eigenvalue weighted by atomic mass is 19.1. The van der Waals surface area contributed by atoms with E-state index in [1.807, 2.05) is 6.92 Å². The van der Waals surface area contributed by atoms with E-state index >= 15 is 0 Å². The first-order valence-corrected chi connectivity index (χ1v) is 6.50. The second kappa shape index (κ2) is 4.33. The van der Waals surface area contributed by atoms with Crippen LogP contribution in [0.15, 0.2) is 24.3 Å². The minimum Gasteiger partial charge on any atom is -0.312 e. The van der Waals surface area contributed by atoms with Crippen LogP contribution in [0.5, 0.6) is 0 Å². The van der Waals surface area contributed by atoms with Gasteiger partial charge in [0, 0.05) is 6.54 Å². The number of urea groups is 1. The number of benzene rings is 1. The third-order valence-electron chi connectivity index (χ3n) is 3.94. The highest BCUT2D eigenvalue weighted by Gasteiger charge is 2.49. The Labute approximate surface area is 110 Å². The molecule has 2 fully saturated rings. The molecular formula is C14H15FN2O2. The minimum atomic E-state index is -0.545. The Morgan fingerprint density at radius 2 is 2.00 bits per heavy atom. The monoisotopic (exact) mass is 262 g/mol. The molecule has 5 heteroatoms. The predicted octanol–water partition coefficient (Wildman–Crippen LogP) is 2.39. The average Bonchev–Trinajstić information content (AvgIpc) is 2.64. The highest BCUT2D eigenvalue weighted by Crippen LogP contribution is 2.34. The summed E-state index contributed by atoms with van der Waals surface area (Å²) in [5, 5.41) is 0. The summed E-state index contributed by atoms with van der Waals surface area (Å²) < 4.78 is 13.8. The zero-order valence-corrected chi connectivity index (χ0v) is 10.7. The van der Waals surface area contributed by atoms with Crippen molar-refractivity contribution in [3.05, 3.63) is 30.1 Å². The van der Waals surface area contributed by atoms with E-state index in [-0.39, 0.29) is 17.5 Å². The lowest BCUT2D eigenvalue weighted by Gasteiger charge is -2.31. The molecule has 1 aromatic carbocycles. The molecule has 0 bridgehead atoms. The van der Waals surface area contributed by atoms with Gasteiger partial charge in [0.25, 0.3) is 5.91 Å². The molecule has 3 amide bonds. The molecule has 2 aliphatic rings. The van der Waals surface area contributed by atoms with Gasteiger partial charge >= 0.3 is 6.03 Å². The van der Waals surface area contributed by atoms with Gasteiger partial charge in [-0.25, -0.2) is 14.1 Å². The van der Waals surface area contributed by atoms with Crippen LogP contribution in [0.25, 0.3) is 0 Å². The Bertz CT molecular complexity index is 546. The summed E-state index contributed by atoms with van der Waals surface area (Å²) in [5.74, 6) is -0.721. The summed E-state index contributed by atoms with van der Waals surface area (Å²) in [6, 6.07) is 5.07. The number of rotatable bonds is 1. The van der Waals surface area contributed by atoms with Crippen molar-refractivity contribution < 1.29 is 14.0 Å². The van der Waals surface area contributed by atoms with Crippen LogP contribution in [0.3, 0.4) is 0 Å². The molecule has 0 aromatic heterocycles. The van der Waals surface area contributed by atoms with E-state index in [1.54, 1.807) is 17.0 Å². The third kappa shape index (κ3) is 1.72. The number of nitrogens with zero attached hydrogens (tertiary/aromatic N) is 2. The maximum absolute atomic E-state index is 13.8. The van der Waals surface area contributed by atoms with Crippen molar-refractivity contribution in [3.8, 4) is 0 Å². The number of imide groups is 1. The number of anilines is 1. The molecule has 0 N–H and O–H groups in total. The molecule has 2 heterocycles. The van der Waals surface area contributed by atoms with Crippen LogP contribution < -0.4 is 4.90 Å². The van der Waals surface area contributed by atoms with Crippen LogP contribution >= 0.6 is 0 Å². The standard InChI is InChI=1S/C14H15FN2O2/c1-9-5-4-8-16-12(9)13(18)17(14(16)19)11-7-3-2-6-10(11)15/h2-3,6-7,9,12H,4-5,8H2,1H3. The van der Waals surface area contributed by atoms with Crippen molar-refractivity contribution in [1.29, 1.82) is 0 Å². The zero-order chi connectivity index (χ0) is 13.6. The van der Waals surface area contributed by atoms with Crippen molar-refractivity contribution in [2.24, 2.45) is 5.92 Å². The van der Waals surface area contributed by atoms with Crippen LogP contribution in [0, 0.1) is 11.7 Å². The van der Waals surface area contributed by atoms with Gasteiger partial charge < -0.3 is 4.90 Å². The lowest BCUT2D eigenvalue weighted by molar-refractivity contribution is -0.121. The van der Waals surface area contributed by atoms with Crippen LogP contribution in [0.4, 0.5) is 14.9 Å². The first-order valence-electron chi connectivity index (χ1n) is 6.50. The number of para-hydroxylation sites is 1. The number of hydrogen-bond acceptors (Lipinski definition) is 2. The Kier molecular flexibility index (Phi) is 2.77. The van der Waals surface area contributed by atoms with Crippen molar-refractivity contribution in [2.45, 2.75) is 25.8 Å². The predicted molar refractivity (Wildman–Crippen MR) is 68.2 cm³/mol. The number of piperidine rings is 1. The van der Waals surface area contributed by atoms with E-state index in [1.165, 1.54) is 12.1 Å². The van der Waals surface area contributed by atoms with Gasteiger partial charge in [-0.2, -0.15) is 0 Å². The van der Waals surface area contributed by atoms with Crippen molar-refractivity contribution >= 4 is 17.6 Å². The van der Waals surface area contributed by atoms with E-state index in [4.69, 9.17) is 0 Å². The topological polar surface area (TPSA) is 40.6 Å². The zero-order valence-electron chi connectivity index (χ0n) is 10.7. The fraction of sp³-hybridized carbons (Fsp3) is 0.429. The quantitative estimate of drug-likeness (QED) is 0.729. The molecule has 1 aromatic rings. The van der Waals surface area contributed by atoms with Crippen LogP contribution in [-0.4, -0.2) is 29.4 Å². The molecular weight excluding hydrogens is 247 g/mol. The Morgan fingerprint density at radius 3 is 2.68 bits per heavy atom. The van der Waals surface area contributed by atoms with Gasteiger partial charge in [0.1, 0.15) is 11.9 Å². The van der Waals surface area contributed by atoms with E-state index < -0.39 is 17.9 Å². The molecule has 4 nitrogen and oxygen atoms in total. The summed E-state index contributed by atoms with van der Waals surface area (Å²) in [5.41, 5.74) is 0.0547. The average molecular weight is 262 g/mol. The Balaban J connectivity index is 2.02. The first-order chi connectivity index (χ1) is 9.11. The molecule has 2 atom stereocenters. The van der Waals surface area contributed by atoms with Gasteiger partial charge in [-0.15, -0.1) is 0 Å². The van der Waals surface area contributed by atoms with Gasteiger partial charge in [0.2, 0.25) is 0 Å². The van der Waals surface area contributed by atoms with Crippen LogP contribution in [0.2, 0.25) is 0 Å². The fourth-order valence-corrected chi connectivity index (χ4v) is 2.99. The minimum absolute atomic E-state index is 0.0547. The Morgan fingerprint density at radius 1 is 1.26 bits per heavy atom. The molecule has 0 spiro atoms. The summed E-state index contributed by atoms with van der Waals surface area (Å²) >= 11 is 0. The molecule has 2 saturated heterocycles. The lowest BCUT2D eigenvalue weighted by atomic mass is 9.91. The molecule has 19 heavy (non-hydrogen) atoms. The van der Waals surface area contributed by atoms with E-state index in [0.717, 1.165) is 17.7 Å². The number of hydrogen-bond donors (Lipinski definition) is 0. The van der Waals surface area contributed by atoms with Crippen LogP contribution in [-0.2, 0) is 4.79 Å². The smallest absolute Gasteiger partial charge is 0.312 e. The maximum atomic E-state index is 13.8. The maximum Gasteiger partial charge on any atom is 0.332 e. The number of amides is 3. The number of carbonyl (C=O) groups is 2. The molecule has 2 unspecified atom stereocenters. The van der Waals surface area contributed by atoms with E-state index in [2.05, 4.69) is 0 Å². The molecule has 100 valence electrons. The lowest BCUT2D eigenvalue weighted by Crippen LogP contribution is -2.44. The molecule has 2 aliphatic heterocycles. The normalized spacial score (nSPS) is 26.8. The van der Waals surface area contributed by atoms with Gasteiger partial charge in [0.05, 0.1) is 5.69 Å². The summed E-state index contributed by atoms with van der Waals surface area (Å²) in [6.07, 6.45) is 1.81. The highest BCUT2D eigenvalue weighted by molar-refractivity contribution is 6.21. The molecule has 0 aliphatic carbocycles. The van der Waals surface area contributed by atoms with Gasteiger partial charge in [-0.1, -0.05) is 19.1 Å². The van der Waals surface area contributed by atoms with Gasteiger partial charge in [0.15, 0.2) is 0 Å². The van der Waals surface area contributed by atoms with Gasteiger partial charge in [-0.3, -0.25) is 4.79 Å². The SMILES string of the molecule is CC1CCCN2C(=O)N(c3ccccc3F)C(=O)C12. The summed E-state index contributed by atoms with van der Waals surface area (Å²) in [7, 11) is 0. The molecule has 0 radical (unpaired) electrons. The van der Waals surface area contributed by atoms with Crippen molar-refractivity contribution in [2.75, 3.05) is 11.4 Å². The summed E-state index contributed by atoms with van der Waals surface area (Å²) in [4.78, 5) is 27.3. The van der Waals surface area contributed by atoms with Crippen molar-refractivity contribution in [1.82, 2.24) is 4.90 Å².